The Morgan fingerprint density at radius 3 is 1.33 bits per heavy atom. The van der Waals surface area contributed by atoms with Gasteiger partial charge in [-0.2, -0.15) is 0 Å². The predicted octanol–water partition coefficient (Wildman–Crippen LogP) is 3.62. The summed E-state index contributed by atoms with van der Waals surface area (Å²) < 4.78 is 70.4. The van der Waals surface area contributed by atoms with Crippen LogP contribution in [0.15, 0.2) is 104 Å². The second-order valence-electron chi connectivity index (χ2n) is 6.85. The molecule has 0 saturated carbocycles. The lowest BCUT2D eigenvalue weighted by Crippen LogP contribution is -2.23. The molecule has 0 aliphatic carbocycles. The smallest absolute Gasteiger partial charge is 0.240 e. The SMILES string of the molecule is O=S(=O)(NCc1ccco1)c1ccc(Oc2ccc(S(=O)(=O)NCc3ccco3)cc2)cc1. The maximum absolute atomic E-state index is 12.4. The minimum Gasteiger partial charge on any atom is -0.468 e. The molecule has 0 atom stereocenters. The van der Waals surface area contributed by atoms with Gasteiger partial charge in [0.15, 0.2) is 0 Å². The largest absolute Gasteiger partial charge is 0.468 e. The fourth-order valence-corrected chi connectivity index (χ4v) is 4.82. The maximum Gasteiger partial charge on any atom is 0.240 e. The molecule has 0 aliphatic heterocycles. The van der Waals surface area contributed by atoms with E-state index in [0.29, 0.717) is 23.0 Å². The molecule has 0 saturated heterocycles. The van der Waals surface area contributed by atoms with Crippen molar-refractivity contribution in [3.05, 3.63) is 96.8 Å². The number of hydrogen-bond acceptors (Lipinski definition) is 7. The number of ether oxygens (including phenoxy) is 1. The van der Waals surface area contributed by atoms with Gasteiger partial charge >= 0.3 is 0 Å². The van der Waals surface area contributed by atoms with E-state index in [1.54, 1.807) is 24.3 Å². The van der Waals surface area contributed by atoms with Crippen LogP contribution in [0.5, 0.6) is 11.5 Å². The van der Waals surface area contributed by atoms with Crippen molar-refractivity contribution in [1.29, 1.82) is 0 Å². The first-order valence-corrected chi connectivity index (χ1v) is 12.7. The number of furan rings is 2. The lowest BCUT2D eigenvalue weighted by molar-refractivity contribution is 0.481. The summed E-state index contributed by atoms with van der Waals surface area (Å²) in [5, 5.41) is 0. The molecule has 2 aromatic heterocycles. The van der Waals surface area contributed by atoms with Crippen LogP contribution in [0.25, 0.3) is 0 Å². The average Bonchev–Trinajstić information content (AvgIpc) is 3.52. The number of benzene rings is 2. The van der Waals surface area contributed by atoms with Crippen molar-refractivity contribution in [2.45, 2.75) is 22.9 Å². The second-order valence-corrected chi connectivity index (χ2v) is 10.4. The third-order valence-corrected chi connectivity index (χ3v) is 7.37. The molecule has 2 heterocycles. The van der Waals surface area contributed by atoms with E-state index < -0.39 is 20.0 Å². The summed E-state index contributed by atoms with van der Waals surface area (Å²) in [6.45, 7) is 0.0818. The third-order valence-electron chi connectivity index (χ3n) is 4.54. The van der Waals surface area contributed by atoms with Crippen LogP contribution >= 0.6 is 0 Å². The third kappa shape index (κ3) is 5.90. The Bertz CT molecular complexity index is 1270. The van der Waals surface area contributed by atoms with Gasteiger partial charge in [-0.1, -0.05) is 0 Å². The van der Waals surface area contributed by atoms with Gasteiger partial charge in [-0.3, -0.25) is 0 Å². The molecule has 9 nitrogen and oxygen atoms in total. The van der Waals surface area contributed by atoms with Gasteiger partial charge in [-0.25, -0.2) is 26.3 Å². The Balaban J connectivity index is 1.37. The molecule has 2 aromatic carbocycles. The molecule has 172 valence electrons. The summed E-state index contributed by atoms with van der Waals surface area (Å²) in [6.07, 6.45) is 2.93. The van der Waals surface area contributed by atoms with Crippen molar-refractivity contribution in [2.75, 3.05) is 0 Å². The molecule has 0 bridgehead atoms. The van der Waals surface area contributed by atoms with Crippen LogP contribution in [-0.4, -0.2) is 16.8 Å². The van der Waals surface area contributed by atoms with E-state index in [9.17, 15) is 16.8 Å². The molecular weight excluding hydrogens is 468 g/mol. The first kappa shape index (κ1) is 22.8. The van der Waals surface area contributed by atoms with Crippen LogP contribution in [0, 0.1) is 0 Å². The van der Waals surface area contributed by atoms with Gasteiger partial charge in [0.25, 0.3) is 0 Å². The van der Waals surface area contributed by atoms with Crippen molar-refractivity contribution in [2.24, 2.45) is 0 Å². The van der Waals surface area contributed by atoms with Crippen molar-refractivity contribution in [3.8, 4) is 11.5 Å². The molecule has 0 aliphatic rings. The molecule has 4 aromatic rings. The standard InChI is InChI=1S/C22H20N2O7S2/c25-32(26,23-15-19-3-1-13-29-19)21-9-5-17(6-10-21)31-18-7-11-22(12-8-18)33(27,28)24-16-20-4-2-14-30-20/h1-14,23-24H,15-16H2. The van der Waals surface area contributed by atoms with Crippen LogP contribution < -0.4 is 14.2 Å². The van der Waals surface area contributed by atoms with E-state index in [0.717, 1.165) is 0 Å². The van der Waals surface area contributed by atoms with Gasteiger partial charge in [0.1, 0.15) is 23.0 Å². The van der Waals surface area contributed by atoms with Gasteiger partial charge in [0, 0.05) is 0 Å². The zero-order valence-electron chi connectivity index (χ0n) is 17.2. The fraction of sp³-hybridized carbons (Fsp3) is 0.0909. The molecule has 0 radical (unpaired) electrons. The predicted molar refractivity (Wildman–Crippen MR) is 118 cm³/mol. The number of sulfonamides is 2. The topological polar surface area (TPSA) is 128 Å². The first-order chi connectivity index (χ1) is 15.8. The van der Waals surface area contributed by atoms with E-state index in [4.69, 9.17) is 13.6 Å². The number of hydrogen-bond donors (Lipinski definition) is 2. The van der Waals surface area contributed by atoms with Gasteiger partial charge in [-0.15, -0.1) is 0 Å². The molecule has 0 unspecified atom stereocenters. The molecule has 33 heavy (non-hydrogen) atoms. The van der Waals surface area contributed by atoms with Crippen molar-refractivity contribution in [1.82, 2.24) is 9.44 Å². The van der Waals surface area contributed by atoms with E-state index in [1.807, 2.05) is 0 Å². The van der Waals surface area contributed by atoms with Gasteiger partial charge in [0.05, 0.1) is 35.4 Å². The molecule has 4 rings (SSSR count). The van der Waals surface area contributed by atoms with E-state index in [2.05, 4.69) is 9.44 Å². The Hall–Kier alpha value is -3.38. The quantitative estimate of drug-likeness (QED) is 0.349. The van der Waals surface area contributed by atoms with Crippen LogP contribution in [0.2, 0.25) is 0 Å². The van der Waals surface area contributed by atoms with Crippen molar-refractivity contribution in [3.63, 3.8) is 0 Å². The summed E-state index contributed by atoms with van der Waals surface area (Å²) in [5.74, 6) is 1.79. The normalized spacial score (nSPS) is 12.0. The summed E-state index contributed by atoms with van der Waals surface area (Å²) in [6, 6.07) is 18.4. The average molecular weight is 489 g/mol. The Morgan fingerprint density at radius 2 is 1.00 bits per heavy atom. The van der Waals surface area contributed by atoms with Crippen molar-refractivity contribution >= 4 is 20.0 Å². The summed E-state index contributed by atoms with van der Waals surface area (Å²) in [4.78, 5) is 0.149. The lowest BCUT2D eigenvalue weighted by Gasteiger charge is -2.09. The van der Waals surface area contributed by atoms with Crippen LogP contribution in [0.3, 0.4) is 0 Å². The zero-order valence-corrected chi connectivity index (χ0v) is 18.8. The molecule has 2 N–H and O–H groups in total. The van der Waals surface area contributed by atoms with Gasteiger partial charge in [-0.05, 0) is 72.8 Å². The van der Waals surface area contributed by atoms with Gasteiger partial charge < -0.3 is 13.6 Å². The summed E-state index contributed by atoms with van der Waals surface area (Å²) in [7, 11) is -7.43. The molecule has 0 spiro atoms. The number of rotatable bonds is 10. The minimum absolute atomic E-state index is 0.0409. The zero-order chi connectivity index (χ0) is 23.3. The van der Waals surface area contributed by atoms with Gasteiger partial charge in [0.2, 0.25) is 20.0 Å². The Kier molecular flexibility index (Phi) is 6.65. The molecule has 11 heteroatoms. The Labute approximate surface area is 191 Å². The monoisotopic (exact) mass is 488 g/mol. The van der Waals surface area contributed by atoms with Crippen molar-refractivity contribution < 1.29 is 30.4 Å². The van der Waals surface area contributed by atoms with Crippen LogP contribution in [-0.2, 0) is 33.1 Å². The number of nitrogens with one attached hydrogen (secondary N) is 2. The molecule has 0 fully saturated rings. The fourth-order valence-electron chi connectivity index (χ4n) is 2.84. The van der Waals surface area contributed by atoms with Crippen LogP contribution in [0.1, 0.15) is 11.5 Å². The highest BCUT2D eigenvalue weighted by Crippen LogP contribution is 2.24. The highest BCUT2D eigenvalue weighted by molar-refractivity contribution is 7.89. The highest BCUT2D eigenvalue weighted by Gasteiger charge is 2.16. The maximum atomic E-state index is 12.4. The van der Waals surface area contributed by atoms with E-state index in [1.165, 1.54) is 61.1 Å². The molecular formula is C22H20N2O7S2. The summed E-state index contributed by atoms with van der Waals surface area (Å²) >= 11 is 0. The van der Waals surface area contributed by atoms with E-state index >= 15 is 0 Å². The lowest BCUT2D eigenvalue weighted by atomic mass is 10.3. The Morgan fingerprint density at radius 1 is 0.606 bits per heavy atom. The van der Waals surface area contributed by atoms with E-state index in [-0.39, 0.29) is 22.9 Å². The van der Waals surface area contributed by atoms with Crippen LogP contribution in [0.4, 0.5) is 0 Å². The summed E-state index contributed by atoms with van der Waals surface area (Å²) in [5.41, 5.74) is 0. The molecule has 0 amide bonds. The highest BCUT2D eigenvalue weighted by atomic mass is 32.2. The first-order valence-electron chi connectivity index (χ1n) is 9.74. The second kappa shape index (κ2) is 9.63. The minimum atomic E-state index is -3.72.